The third-order valence-electron chi connectivity index (χ3n) is 5.28. The zero-order valence-electron chi connectivity index (χ0n) is 13.3. The van der Waals surface area contributed by atoms with E-state index in [1.165, 1.54) is 44.9 Å². The Balaban J connectivity index is 2.09. The fourth-order valence-corrected chi connectivity index (χ4v) is 4.23. The lowest BCUT2D eigenvalue weighted by atomic mass is 9.68. The fourth-order valence-electron chi connectivity index (χ4n) is 4.23. The zero-order chi connectivity index (χ0) is 14.1. The number of nitrogens with zero attached hydrogens (tertiary/aromatic N) is 1. The van der Waals surface area contributed by atoms with Crippen LogP contribution in [0.15, 0.2) is 0 Å². The summed E-state index contributed by atoms with van der Waals surface area (Å²) in [6, 6.07) is 1.27. The predicted molar refractivity (Wildman–Crippen MR) is 81.8 cm³/mol. The van der Waals surface area contributed by atoms with Crippen molar-refractivity contribution in [3.63, 3.8) is 0 Å². The lowest BCUT2D eigenvalue weighted by Crippen LogP contribution is -2.65. The van der Waals surface area contributed by atoms with Crippen molar-refractivity contribution in [3.05, 3.63) is 0 Å². The lowest BCUT2D eigenvalue weighted by Gasteiger charge is -2.51. The maximum atomic E-state index is 6.18. The van der Waals surface area contributed by atoms with Gasteiger partial charge in [0.25, 0.3) is 0 Å². The Kier molecular flexibility index (Phi) is 4.59. The van der Waals surface area contributed by atoms with Gasteiger partial charge in [0.15, 0.2) is 0 Å². The maximum Gasteiger partial charge on any atom is 0.0453 e. The molecule has 3 atom stereocenters. The summed E-state index contributed by atoms with van der Waals surface area (Å²) in [5.74, 6) is 0. The summed E-state index contributed by atoms with van der Waals surface area (Å²) in [4.78, 5) is 0. The molecule has 0 aromatic heterocycles. The third-order valence-corrected chi connectivity index (χ3v) is 5.28. The van der Waals surface area contributed by atoms with Gasteiger partial charge in [0.05, 0.1) is 0 Å². The Labute approximate surface area is 119 Å². The van der Waals surface area contributed by atoms with Gasteiger partial charge in [0.1, 0.15) is 0 Å². The van der Waals surface area contributed by atoms with Crippen LogP contribution in [0.5, 0.6) is 0 Å². The molecule has 0 spiro atoms. The minimum absolute atomic E-state index is 0.127. The van der Waals surface area contributed by atoms with Crippen LogP contribution >= 0.6 is 0 Å². The standard InChI is InChI=1S/C16H33N3/c1-13-7-5-8-14(2)19(13)18-16(12-17)10-6-9-15(3,4)11-16/h13-14,18H,5-12,17H2,1-4H3. The van der Waals surface area contributed by atoms with Gasteiger partial charge >= 0.3 is 0 Å². The summed E-state index contributed by atoms with van der Waals surface area (Å²) in [5.41, 5.74) is 10.6. The normalized spacial score (nSPS) is 40.3. The topological polar surface area (TPSA) is 41.3 Å². The van der Waals surface area contributed by atoms with Gasteiger partial charge < -0.3 is 5.73 Å². The molecular formula is C16H33N3. The minimum atomic E-state index is 0.127. The van der Waals surface area contributed by atoms with Crippen LogP contribution in [-0.4, -0.2) is 29.2 Å². The molecule has 1 saturated carbocycles. The Morgan fingerprint density at radius 3 is 2.26 bits per heavy atom. The highest BCUT2D eigenvalue weighted by Crippen LogP contribution is 2.41. The molecule has 0 amide bonds. The van der Waals surface area contributed by atoms with E-state index >= 15 is 0 Å². The molecule has 112 valence electrons. The molecule has 3 heteroatoms. The smallest absolute Gasteiger partial charge is 0.0453 e. The molecule has 0 radical (unpaired) electrons. The zero-order valence-corrected chi connectivity index (χ0v) is 13.3. The van der Waals surface area contributed by atoms with Gasteiger partial charge in [-0.15, -0.1) is 0 Å². The molecule has 3 unspecified atom stereocenters. The average Bonchev–Trinajstić information content (AvgIpc) is 2.33. The second kappa shape index (κ2) is 5.71. The van der Waals surface area contributed by atoms with Gasteiger partial charge in [-0.25, -0.2) is 10.4 Å². The van der Waals surface area contributed by atoms with Crippen molar-refractivity contribution in [3.8, 4) is 0 Å². The van der Waals surface area contributed by atoms with E-state index in [1.807, 2.05) is 0 Å². The number of piperidine rings is 1. The van der Waals surface area contributed by atoms with E-state index in [0.29, 0.717) is 17.5 Å². The van der Waals surface area contributed by atoms with E-state index in [4.69, 9.17) is 5.73 Å². The second-order valence-corrected chi connectivity index (χ2v) is 7.83. The van der Waals surface area contributed by atoms with Crippen LogP contribution in [0.2, 0.25) is 0 Å². The first kappa shape index (κ1) is 15.3. The largest absolute Gasteiger partial charge is 0.329 e. The Morgan fingerprint density at radius 2 is 1.74 bits per heavy atom. The molecule has 0 aromatic rings. The van der Waals surface area contributed by atoms with Gasteiger partial charge in [-0.05, 0) is 51.4 Å². The molecular weight excluding hydrogens is 234 g/mol. The van der Waals surface area contributed by atoms with E-state index in [9.17, 15) is 0 Å². The molecule has 2 fully saturated rings. The van der Waals surface area contributed by atoms with E-state index in [0.717, 1.165) is 6.54 Å². The number of rotatable bonds is 3. The molecule has 1 heterocycles. The number of hydrogen-bond acceptors (Lipinski definition) is 3. The van der Waals surface area contributed by atoms with Crippen molar-refractivity contribution >= 4 is 0 Å². The van der Waals surface area contributed by atoms with Crippen molar-refractivity contribution in [1.29, 1.82) is 0 Å². The summed E-state index contributed by atoms with van der Waals surface area (Å²) in [6.07, 6.45) is 9.04. The van der Waals surface area contributed by atoms with Crippen molar-refractivity contribution in [2.45, 2.75) is 90.3 Å². The SMILES string of the molecule is CC1CCCC(C)N1NC1(CN)CCCC(C)(C)C1. The van der Waals surface area contributed by atoms with E-state index in [1.54, 1.807) is 0 Å². The molecule has 2 aliphatic rings. The Hall–Kier alpha value is -0.120. The second-order valence-electron chi connectivity index (χ2n) is 7.83. The summed E-state index contributed by atoms with van der Waals surface area (Å²) in [6.45, 7) is 10.2. The highest BCUT2D eigenvalue weighted by Gasteiger charge is 2.41. The molecule has 0 aromatic carbocycles. The minimum Gasteiger partial charge on any atom is -0.329 e. The van der Waals surface area contributed by atoms with E-state index < -0.39 is 0 Å². The van der Waals surface area contributed by atoms with Gasteiger partial charge in [-0.3, -0.25) is 0 Å². The van der Waals surface area contributed by atoms with Crippen LogP contribution in [0, 0.1) is 5.41 Å². The molecule has 19 heavy (non-hydrogen) atoms. The fraction of sp³-hybridized carbons (Fsp3) is 1.00. The highest BCUT2D eigenvalue weighted by molar-refractivity contribution is 4.98. The Morgan fingerprint density at radius 1 is 1.11 bits per heavy atom. The highest BCUT2D eigenvalue weighted by atomic mass is 15.6. The molecule has 1 saturated heterocycles. The molecule has 1 aliphatic heterocycles. The number of nitrogens with one attached hydrogen (secondary N) is 1. The van der Waals surface area contributed by atoms with Crippen LogP contribution in [0.3, 0.4) is 0 Å². The van der Waals surface area contributed by atoms with Crippen LogP contribution in [-0.2, 0) is 0 Å². The van der Waals surface area contributed by atoms with E-state index in [2.05, 4.69) is 38.1 Å². The van der Waals surface area contributed by atoms with Crippen LogP contribution < -0.4 is 11.2 Å². The predicted octanol–water partition coefficient (Wildman–Crippen LogP) is 3.05. The number of hydrazine groups is 1. The van der Waals surface area contributed by atoms with Crippen molar-refractivity contribution in [2.75, 3.05) is 6.54 Å². The first-order valence-electron chi connectivity index (χ1n) is 8.14. The van der Waals surface area contributed by atoms with Gasteiger partial charge in [0, 0.05) is 24.2 Å². The van der Waals surface area contributed by atoms with Crippen molar-refractivity contribution in [2.24, 2.45) is 11.1 Å². The Bertz CT molecular complexity index is 292. The third kappa shape index (κ3) is 3.50. The number of hydrogen-bond donors (Lipinski definition) is 2. The summed E-state index contributed by atoms with van der Waals surface area (Å²) < 4.78 is 0. The first-order chi connectivity index (χ1) is 8.87. The van der Waals surface area contributed by atoms with Crippen LogP contribution in [0.4, 0.5) is 0 Å². The first-order valence-corrected chi connectivity index (χ1v) is 8.14. The molecule has 3 nitrogen and oxygen atoms in total. The average molecular weight is 267 g/mol. The van der Waals surface area contributed by atoms with Crippen molar-refractivity contribution < 1.29 is 0 Å². The molecule has 3 N–H and O–H groups in total. The van der Waals surface area contributed by atoms with E-state index in [-0.39, 0.29) is 5.54 Å². The monoisotopic (exact) mass is 267 g/mol. The quantitative estimate of drug-likeness (QED) is 0.826. The van der Waals surface area contributed by atoms with Crippen LogP contribution in [0.25, 0.3) is 0 Å². The summed E-state index contributed by atoms with van der Waals surface area (Å²) in [7, 11) is 0. The lowest BCUT2D eigenvalue weighted by molar-refractivity contribution is -0.0265. The summed E-state index contributed by atoms with van der Waals surface area (Å²) >= 11 is 0. The maximum absolute atomic E-state index is 6.18. The van der Waals surface area contributed by atoms with Gasteiger partial charge in [-0.1, -0.05) is 26.7 Å². The molecule has 2 rings (SSSR count). The van der Waals surface area contributed by atoms with Crippen LogP contribution in [0.1, 0.15) is 72.6 Å². The summed E-state index contributed by atoms with van der Waals surface area (Å²) in [5, 5.41) is 2.51. The van der Waals surface area contributed by atoms with Gasteiger partial charge in [-0.2, -0.15) is 0 Å². The number of nitrogens with two attached hydrogens (primary N) is 1. The molecule has 1 aliphatic carbocycles. The molecule has 0 bridgehead atoms. The van der Waals surface area contributed by atoms with Gasteiger partial charge in [0.2, 0.25) is 0 Å². The van der Waals surface area contributed by atoms with Crippen molar-refractivity contribution in [1.82, 2.24) is 10.4 Å².